The summed E-state index contributed by atoms with van der Waals surface area (Å²) in [6, 6.07) is 11.4. The van der Waals surface area contributed by atoms with E-state index in [0.29, 0.717) is 36.2 Å². The van der Waals surface area contributed by atoms with Gasteiger partial charge in [-0.15, -0.1) is 0 Å². The van der Waals surface area contributed by atoms with Crippen molar-refractivity contribution in [3.63, 3.8) is 0 Å². The first kappa shape index (κ1) is 28.9. The van der Waals surface area contributed by atoms with Crippen molar-refractivity contribution in [2.24, 2.45) is 11.8 Å². The Labute approximate surface area is 242 Å². The molecule has 0 radical (unpaired) electrons. The quantitative estimate of drug-likeness (QED) is 0.229. The van der Waals surface area contributed by atoms with Gasteiger partial charge in [-0.1, -0.05) is 32.4 Å². The summed E-state index contributed by atoms with van der Waals surface area (Å²) in [5, 5.41) is 9.85. The monoisotopic (exact) mass is 561 g/mol. The first-order valence-corrected chi connectivity index (χ1v) is 15.0. The lowest BCUT2D eigenvalue weighted by Crippen LogP contribution is -2.33. The number of furan rings is 1. The Morgan fingerprint density at radius 2 is 1.88 bits per heavy atom. The molecule has 1 amide bonds. The van der Waals surface area contributed by atoms with E-state index in [1.165, 1.54) is 5.56 Å². The van der Waals surface area contributed by atoms with E-state index < -0.39 is 0 Å². The number of nitrogens with one attached hydrogen (secondary N) is 3. The van der Waals surface area contributed by atoms with Crippen LogP contribution < -0.4 is 20.7 Å². The molecule has 0 spiro atoms. The summed E-state index contributed by atoms with van der Waals surface area (Å²) >= 11 is 0. The van der Waals surface area contributed by atoms with Crippen LogP contribution in [0.15, 0.2) is 47.0 Å². The normalized spacial score (nSPS) is 20.6. The number of carbonyl (C=O) groups excluding carboxylic acids is 1. The lowest BCUT2D eigenvalue weighted by Gasteiger charge is -2.29. The van der Waals surface area contributed by atoms with Crippen molar-refractivity contribution in [1.82, 2.24) is 15.3 Å². The number of hydrogen-bond donors (Lipinski definition) is 3. The molecule has 220 valence electrons. The Kier molecular flexibility index (Phi) is 9.77. The average molecular weight is 562 g/mol. The maximum absolute atomic E-state index is 12.8. The largest absolute Gasteiger partial charge is 0.426 e. The number of benzene rings is 1. The zero-order valence-corrected chi connectivity index (χ0v) is 24.4. The van der Waals surface area contributed by atoms with Gasteiger partial charge in [-0.25, -0.2) is 4.98 Å². The summed E-state index contributed by atoms with van der Waals surface area (Å²) in [6.07, 6.45) is 8.71. The molecule has 1 aliphatic carbocycles. The molecule has 9 nitrogen and oxygen atoms in total. The van der Waals surface area contributed by atoms with Gasteiger partial charge in [0, 0.05) is 38.5 Å². The minimum Gasteiger partial charge on any atom is -0.426 e. The minimum atomic E-state index is -0.214. The highest BCUT2D eigenvalue weighted by Gasteiger charge is 2.24. The smallest absolute Gasteiger partial charge is 0.290 e. The number of ether oxygens (including phenoxy) is 2. The molecule has 9 heteroatoms. The van der Waals surface area contributed by atoms with Gasteiger partial charge in [-0.05, 0) is 86.1 Å². The molecule has 3 N–H and O–H groups in total. The molecule has 3 unspecified atom stereocenters. The van der Waals surface area contributed by atoms with E-state index in [1.54, 1.807) is 18.3 Å². The van der Waals surface area contributed by atoms with E-state index in [9.17, 15) is 4.79 Å². The Morgan fingerprint density at radius 3 is 2.68 bits per heavy atom. The number of aryl methyl sites for hydroxylation is 1. The van der Waals surface area contributed by atoms with E-state index >= 15 is 0 Å². The predicted molar refractivity (Wildman–Crippen MR) is 160 cm³/mol. The van der Waals surface area contributed by atoms with Crippen molar-refractivity contribution in [1.29, 1.82) is 0 Å². The molecule has 2 aromatic heterocycles. The van der Waals surface area contributed by atoms with Gasteiger partial charge < -0.3 is 29.8 Å². The molecular formula is C32H43N5O4. The third-order valence-corrected chi connectivity index (χ3v) is 8.08. The topological polar surface area (TPSA) is 111 Å². The zero-order chi connectivity index (χ0) is 28.6. The van der Waals surface area contributed by atoms with Gasteiger partial charge >= 0.3 is 0 Å². The number of hydrogen-bond acceptors (Lipinski definition) is 8. The zero-order valence-electron chi connectivity index (χ0n) is 24.4. The maximum atomic E-state index is 12.8. The van der Waals surface area contributed by atoms with Crippen molar-refractivity contribution >= 4 is 17.7 Å². The third-order valence-electron chi connectivity index (χ3n) is 8.08. The van der Waals surface area contributed by atoms with Crippen LogP contribution in [-0.4, -0.2) is 48.2 Å². The van der Waals surface area contributed by atoms with Crippen LogP contribution in [0.1, 0.15) is 80.0 Å². The van der Waals surface area contributed by atoms with Crippen LogP contribution in [0, 0.1) is 18.8 Å². The fourth-order valence-corrected chi connectivity index (χ4v) is 5.59. The fourth-order valence-electron chi connectivity index (χ4n) is 5.59. The van der Waals surface area contributed by atoms with Gasteiger partial charge in [0.2, 0.25) is 5.95 Å². The third kappa shape index (κ3) is 8.22. The Balaban J connectivity index is 1.06. The molecule has 2 fully saturated rings. The fraction of sp³-hybridized carbons (Fsp3) is 0.531. The summed E-state index contributed by atoms with van der Waals surface area (Å²) in [6.45, 7) is 9.35. The molecule has 3 atom stereocenters. The van der Waals surface area contributed by atoms with Crippen molar-refractivity contribution in [2.45, 2.75) is 71.3 Å². The number of rotatable bonds is 12. The van der Waals surface area contributed by atoms with Crippen molar-refractivity contribution in [3.05, 3.63) is 59.5 Å². The highest BCUT2D eigenvalue weighted by atomic mass is 16.6. The molecular weight excluding hydrogens is 518 g/mol. The lowest BCUT2D eigenvalue weighted by atomic mass is 9.81. The molecule has 1 saturated carbocycles. The van der Waals surface area contributed by atoms with Gasteiger partial charge in [0.05, 0.1) is 6.10 Å². The number of aromatic nitrogens is 2. The Morgan fingerprint density at radius 1 is 1.02 bits per heavy atom. The minimum absolute atomic E-state index is 0.214. The molecule has 3 heterocycles. The van der Waals surface area contributed by atoms with Crippen LogP contribution >= 0.6 is 0 Å². The second kappa shape index (κ2) is 13.9. The summed E-state index contributed by atoms with van der Waals surface area (Å²) < 4.78 is 17.4. The van der Waals surface area contributed by atoms with Crippen LogP contribution in [0.25, 0.3) is 0 Å². The van der Waals surface area contributed by atoms with Crippen LogP contribution in [0.4, 0.5) is 11.8 Å². The summed E-state index contributed by atoms with van der Waals surface area (Å²) in [5.74, 6) is 3.88. The van der Waals surface area contributed by atoms with Gasteiger partial charge in [0.15, 0.2) is 5.76 Å². The van der Waals surface area contributed by atoms with E-state index in [1.807, 2.05) is 25.1 Å². The van der Waals surface area contributed by atoms with Crippen LogP contribution in [0.5, 0.6) is 11.7 Å². The molecule has 0 bridgehead atoms. The van der Waals surface area contributed by atoms with E-state index in [2.05, 4.69) is 45.8 Å². The van der Waals surface area contributed by atoms with Crippen LogP contribution in [0.3, 0.4) is 0 Å². The second-order valence-electron chi connectivity index (χ2n) is 11.7. The molecule has 1 saturated heterocycles. The maximum Gasteiger partial charge on any atom is 0.290 e. The summed E-state index contributed by atoms with van der Waals surface area (Å²) in [4.78, 5) is 21.8. The molecule has 5 rings (SSSR count). The molecule has 1 aromatic carbocycles. The first-order chi connectivity index (χ1) is 19.9. The van der Waals surface area contributed by atoms with E-state index in [0.717, 1.165) is 75.4 Å². The van der Waals surface area contributed by atoms with Gasteiger partial charge in [-0.2, -0.15) is 4.98 Å². The first-order valence-electron chi connectivity index (χ1n) is 15.0. The van der Waals surface area contributed by atoms with E-state index in [-0.39, 0.29) is 17.8 Å². The predicted octanol–water partition coefficient (Wildman–Crippen LogP) is 6.53. The van der Waals surface area contributed by atoms with Gasteiger partial charge in [0.1, 0.15) is 11.6 Å². The Hall–Kier alpha value is -3.59. The highest BCUT2D eigenvalue weighted by molar-refractivity contribution is 5.91. The number of amides is 1. The average Bonchev–Trinajstić information content (AvgIpc) is 3.68. The number of nitrogens with zero attached hydrogens (tertiary/aromatic N) is 2. The molecule has 1 aliphatic heterocycles. The van der Waals surface area contributed by atoms with Crippen molar-refractivity contribution < 1.29 is 18.7 Å². The summed E-state index contributed by atoms with van der Waals surface area (Å²) in [5.41, 5.74) is 2.21. The standard InChI is InChI=1S/C32H43N5O4/c1-21(2)25-10-9-22(3)28(17-25)41-30-12-11-27(40-30)31(38)35-18-23-6-4-7-24(16-23)19-36-32-33-14-13-29(37-32)34-20-26-8-5-15-39-26/h9-14,17,21,23-24,26H,4-8,15-16,18-20H2,1-3H3,(H,35,38)(H2,33,34,36,37). The lowest BCUT2D eigenvalue weighted by molar-refractivity contribution is 0.0907. The van der Waals surface area contributed by atoms with Gasteiger partial charge in [0.25, 0.3) is 11.9 Å². The second-order valence-corrected chi connectivity index (χ2v) is 11.7. The summed E-state index contributed by atoms with van der Waals surface area (Å²) in [7, 11) is 0. The van der Waals surface area contributed by atoms with Gasteiger partial charge in [-0.3, -0.25) is 4.79 Å². The van der Waals surface area contributed by atoms with E-state index in [4.69, 9.17) is 13.9 Å². The number of carbonyl (C=O) groups is 1. The van der Waals surface area contributed by atoms with Crippen LogP contribution in [-0.2, 0) is 4.74 Å². The number of anilines is 2. The Bertz CT molecular complexity index is 1290. The molecule has 2 aliphatic rings. The molecule has 41 heavy (non-hydrogen) atoms. The highest BCUT2D eigenvalue weighted by Crippen LogP contribution is 2.31. The van der Waals surface area contributed by atoms with Crippen LogP contribution in [0.2, 0.25) is 0 Å². The molecule has 3 aromatic rings. The van der Waals surface area contributed by atoms with Crippen molar-refractivity contribution in [2.75, 3.05) is 36.9 Å². The van der Waals surface area contributed by atoms with Crippen molar-refractivity contribution in [3.8, 4) is 11.7 Å². The SMILES string of the molecule is Cc1ccc(C(C)C)cc1Oc1ccc(C(=O)NCC2CCCC(CNc3nccc(NCC4CCCO4)n3)C2)o1.